The lowest BCUT2D eigenvalue weighted by Gasteiger charge is -2.14. The van der Waals surface area contributed by atoms with Crippen molar-refractivity contribution in [1.82, 2.24) is 29.6 Å². The topological polar surface area (TPSA) is 115 Å². The Bertz CT molecular complexity index is 1520. The first-order valence-electron chi connectivity index (χ1n) is 11.3. The minimum atomic E-state index is -2.56. The summed E-state index contributed by atoms with van der Waals surface area (Å²) >= 11 is 7.36. The van der Waals surface area contributed by atoms with E-state index in [4.69, 9.17) is 16.3 Å². The van der Waals surface area contributed by atoms with Crippen LogP contribution >= 0.6 is 22.9 Å². The number of aryl methyl sites for hydroxylation is 1. The maximum Gasteiger partial charge on any atom is 0.275 e. The smallest absolute Gasteiger partial charge is 0.275 e. The van der Waals surface area contributed by atoms with E-state index in [-0.39, 0.29) is 29.8 Å². The van der Waals surface area contributed by atoms with Gasteiger partial charge in [-0.3, -0.25) is 24.6 Å². The minimum absolute atomic E-state index is 0.0837. The van der Waals surface area contributed by atoms with Gasteiger partial charge in [0.15, 0.2) is 5.13 Å². The average Bonchev–Trinajstić information content (AvgIpc) is 3.58. The molecule has 5 rings (SSSR count). The van der Waals surface area contributed by atoms with Gasteiger partial charge in [-0.05, 0) is 25.1 Å². The van der Waals surface area contributed by atoms with E-state index in [1.54, 1.807) is 12.1 Å². The van der Waals surface area contributed by atoms with Crippen molar-refractivity contribution in [1.29, 1.82) is 0 Å². The number of carbonyl (C=O) groups excluding carboxylic acids is 2. The highest BCUT2D eigenvalue weighted by atomic mass is 35.5. The minimum Gasteiger partial charge on any atom is -0.494 e. The number of fused-ring (bicyclic) bond motifs is 1. The van der Waals surface area contributed by atoms with Crippen molar-refractivity contribution >= 4 is 39.9 Å². The van der Waals surface area contributed by atoms with Gasteiger partial charge in [-0.1, -0.05) is 22.9 Å². The summed E-state index contributed by atoms with van der Waals surface area (Å²) in [6.07, 6.45) is 1.74. The Morgan fingerprint density at radius 2 is 2.03 bits per heavy atom. The highest BCUT2D eigenvalue weighted by molar-refractivity contribution is 7.16. The third kappa shape index (κ3) is 5.20. The number of hydrogen-bond donors (Lipinski definition) is 1. The van der Waals surface area contributed by atoms with Crippen LogP contribution in [0.25, 0.3) is 11.1 Å². The van der Waals surface area contributed by atoms with E-state index in [2.05, 4.69) is 25.4 Å². The maximum atomic E-state index is 13.3. The second-order valence-electron chi connectivity index (χ2n) is 8.40. The van der Waals surface area contributed by atoms with E-state index in [0.717, 1.165) is 9.56 Å². The summed E-state index contributed by atoms with van der Waals surface area (Å²) < 4.78 is 31.6. The fraction of sp³-hybridized carbons (Fsp3) is 0.250. The highest BCUT2D eigenvalue weighted by Gasteiger charge is 2.30. The molecular formula is C24H20ClF2N7O3S. The molecule has 1 aliphatic rings. The molecule has 0 atom stereocenters. The Morgan fingerprint density at radius 1 is 1.21 bits per heavy atom. The highest BCUT2D eigenvalue weighted by Crippen LogP contribution is 2.35. The number of alkyl halides is 2. The molecule has 10 nitrogen and oxygen atoms in total. The molecule has 0 aliphatic carbocycles. The van der Waals surface area contributed by atoms with Gasteiger partial charge in [0.1, 0.15) is 23.1 Å². The Kier molecular flexibility index (Phi) is 7.04. The number of methoxy groups -OCH3 is 1. The third-order valence-electron chi connectivity index (χ3n) is 5.78. The van der Waals surface area contributed by atoms with Gasteiger partial charge in [-0.25, -0.2) is 18.7 Å². The molecule has 38 heavy (non-hydrogen) atoms. The summed E-state index contributed by atoms with van der Waals surface area (Å²) in [4.78, 5) is 41.2. The normalized spacial score (nSPS) is 12.6. The van der Waals surface area contributed by atoms with Gasteiger partial charge in [0.2, 0.25) is 0 Å². The van der Waals surface area contributed by atoms with E-state index in [1.807, 2.05) is 6.92 Å². The zero-order valence-electron chi connectivity index (χ0n) is 20.1. The number of anilines is 1. The molecule has 4 aromatic heterocycles. The van der Waals surface area contributed by atoms with E-state index in [9.17, 15) is 18.4 Å². The van der Waals surface area contributed by atoms with Gasteiger partial charge in [-0.2, -0.15) is 5.10 Å². The van der Waals surface area contributed by atoms with Crippen LogP contribution in [0, 0.1) is 6.92 Å². The van der Waals surface area contributed by atoms with Crippen molar-refractivity contribution in [3.63, 3.8) is 0 Å². The molecule has 196 valence electrons. The Labute approximate surface area is 224 Å². The van der Waals surface area contributed by atoms with Crippen molar-refractivity contribution in [2.45, 2.75) is 33.0 Å². The quantitative estimate of drug-likeness (QED) is 0.333. The van der Waals surface area contributed by atoms with Crippen LogP contribution in [0.1, 0.15) is 37.1 Å². The zero-order chi connectivity index (χ0) is 27.0. The first kappa shape index (κ1) is 25.7. The largest absolute Gasteiger partial charge is 0.494 e. The van der Waals surface area contributed by atoms with Gasteiger partial charge < -0.3 is 9.64 Å². The summed E-state index contributed by atoms with van der Waals surface area (Å²) in [5.74, 6) is -0.354. The first-order chi connectivity index (χ1) is 18.2. The van der Waals surface area contributed by atoms with E-state index in [0.29, 0.717) is 39.0 Å². The van der Waals surface area contributed by atoms with Crippen molar-refractivity contribution in [3.05, 3.63) is 69.5 Å². The van der Waals surface area contributed by atoms with Crippen molar-refractivity contribution < 1.29 is 23.1 Å². The lowest BCUT2D eigenvalue weighted by Crippen LogP contribution is -2.26. The fourth-order valence-electron chi connectivity index (χ4n) is 4.04. The molecule has 1 aliphatic heterocycles. The number of rotatable bonds is 7. The number of aromatic nitrogens is 5. The standard InChI is InChI=1S/C24H20ClF2N7O3S/c1-12-5-13(14-6-20(25)29-8-18(14)37-2)15(7-28-12)22(35)31-24-30-17-9-33(10-19(17)38-24)23(36)16-3-4-34(32-16)11-21(26)27/h3-8,21H,9-11H2,1-2H3,(H,30,31,35). The van der Waals surface area contributed by atoms with Crippen LogP contribution < -0.4 is 10.1 Å². The Hall–Kier alpha value is -3.97. The number of carbonyl (C=O) groups is 2. The van der Waals surface area contributed by atoms with Gasteiger partial charge in [-0.15, -0.1) is 0 Å². The molecule has 0 unspecified atom stereocenters. The van der Waals surface area contributed by atoms with Crippen LogP contribution in [-0.2, 0) is 19.6 Å². The second-order valence-corrected chi connectivity index (χ2v) is 9.87. The van der Waals surface area contributed by atoms with E-state index < -0.39 is 18.9 Å². The van der Waals surface area contributed by atoms with Crippen LogP contribution in [-0.4, -0.2) is 55.0 Å². The summed E-state index contributed by atoms with van der Waals surface area (Å²) in [5.41, 5.74) is 2.89. The molecule has 0 saturated heterocycles. The molecule has 14 heteroatoms. The molecule has 0 bridgehead atoms. The number of nitrogens with one attached hydrogen (secondary N) is 1. The van der Waals surface area contributed by atoms with Gasteiger partial charge >= 0.3 is 0 Å². The van der Waals surface area contributed by atoms with Gasteiger partial charge in [0, 0.05) is 29.2 Å². The molecule has 2 amide bonds. The number of nitrogens with zero attached hydrogens (tertiary/aromatic N) is 6. The van der Waals surface area contributed by atoms with Gasteiger partial charge in [0.05, 0.1) is 42.5 Å². The average molecular weight is 560 g/mol. The van der Waals surface area contributed by atoms with E-state index in [1.165, 1.54) is 48.0 Å². The Morgan fingerprint density at radius 3 is 2.76 bits per heavy atom. The van der Waals surface area contributed by atoms with E-state index >= 15 is 0 Å². The molecule has 4 aromatic rings. The lowest BCUT2D eigenvalue weighted by atomic mass is 10.0. The first-order valence-corrected chi connectivity index (χ1v) is 12.5. The lowest BCUT2D eigenvalue weighted by molar-refractivity contribution is 0.0740. The SMILES string of the molecule is COc1cnc(Cl)cc1-c1cc(C)ncc1C(=O)Nc1nc2c(s1)CN(C(=O)c1ccn(CC(F)F)n1)C2. The number of hydrogen-bond acceptors (Lipinski definition) is 8. The molecule has 5 heterocycles. The molecule has 0 aromatic carbocycles. The number of thiazole rings is 1. The van der Waals surface area contributed by atoms with Crippen LogP contribution in [0.4, 0.5) is 13.9 Å². The number of pyridine rings is 2. The van der Waals surface area contributed by atoms with Crippen LogP contribution in [0.5, 0.6) is 5.75 Å². The molecule has 0 fully saturated rings. The van der Waals surface area contributed by atoms with Crippen molar-refractivity contribution in [2.75, 3.05) is 12.4 Å². The van der Waals surface area contributed by atoms with Gasteiger partial charge in [0.25, 0.3) is 18.2 Å². The monoisotopic (exact) mass is 559 g/mol. The van der Waals surface area contributed by atoms with Crippen molar-refractivity contribution in [2.24, 2.45) is 0 Å². The van der Waals surface area contributed by atoms with Crippen LogP contribution in [0.15, 0.2) is 36.8 Å². The third-order valence-corrected chi connectivity index (χ3v) is 6.98. The zero-order valence-corrected chi connectivity index (χ0v) is 21.7. The molecule has 0 radical (unpaired) electrons. The number of halogens is 3. The predicted octanol–water partition coefficient (Wildman–Crippen LogP) is 4.44. The summed E-state index contributed by atoms with van der Waals surface area (Å²) in [5, 5.41) is 7.37. The van der Waals surface area contributed by atoms with Crippen LogP contribution in [0.2, 0.25) is 5.15 Å². The number of ether oxygens (including phenoxy) is 1. The summed E-state index contributed by atoms with van der Waals surface area (Å²) in [6, 6.07) is 4.79. The number of amides is 2. The molecule has 0 saturated carbocycles. The summed E-state index contributed by atoms with van der Waals surface area (Å²) in [7, 11) is 1.50. The predicted molar refractivity (Wildman–Crippen MR) is 136 cm³/mol. The molecule has 1 N–H and O–H groups in total. The molecular weight excluding hydrogens is 540 g/mol. The molecule has 0 spiro atoms. The fourth-order valence-corrected chi connectivity index (χ4v) is 5.18. The maximum absolute atomic E-state index is 13.3. The Balaban J connectivity index is 1.32. The van der Waals surface area contributed by atoms with Crippen LogP contribution in [0.3, 0.4) is 0 Å². The van der Waals surface area contributed by atoms with Crippen molar-refractivity contribution in [3.8, 4) is 16.9 Å². The summed E-state index contributed by atoms with van der Waals surface area (Å²) in [6.45, 7) is 1.71. The second kappa shape index (κ2) is 10.4.